The van der Waals surface area contributed by atoms with Gasteiger partial charge in [-0.05, 0) is 69.6 Å². The number of aromatic nitrogens is 1. The Labute approximate surface area is 222 Å². The molecule has 1 N–H and O–H groups in total. The molecule has 4 aromatic rings. The Hall–Kier alpha value is -4.67. The Morgan fingerprint density at radius 2 is 1.82 bits per heavy atom. The number of benzene rings is 3. The van der Waals surface area contributed by atoms with E-state index in [1.54, 1.807) is 12.3 Å². The number of ketones is 1. The lowest BCUT2D eigenvalue weighted by atomic mass is 10.0. The van der Waals surface area contributed by atoms with E-state index in [1.807, 2.05) is 98.7 Å². The Morgan fingerprint density at radius 3 is 2.50 bits per heavy atom. The maximum atomic E-state index is 12.7. The van der Waals surface area contributed by atoms with Crippen LogP contribution in [0, 0.1) is 11.3 Å². The average molecular weight is 507 g/mol. The van der Waals surface area contributed by atoms with Gasteiger partial charge in [0.15, 0.2) is 5.78 Å². The fourth-order valence-electron chi connectivity index (χ4n) is 3.93. The summed E-state index contributed by atoms with van der Waals surface area (Å²) in [5.74, 6) is 2.04. The molecule has 0 spiro atoms. The van der Waals surface area contributed by atoms with Crippen LogP contribution in [0.15, 0.2) is 85.1 Å². The normalized spacial score (nSPS) is 11.0. The monoisotopic (exact) mass is 506 g/mol. The van der Waals surface area contributed by atoms with Crippen molar-refractivity contribution < 1.29 is 14.3 Å². The molecule has 0 radical (unpaired) electrons. The van der Waals surface area contributed by atoms with Crippen molar-refractivity contribution in [3.8, 4) is 23.3 Å². The number of ether oxygens (including phenoxy) is 2. The number of nitriles is 1. The second-order valence-electron chi connectivity index (χ2n) is 8.94. The molecule has 4 rings (SSSR count). The summed E-state index contributed by atoms with van der Waals surface area (Å²) >= 11 is 0. The largest absolute Gasteiger partial charge is 0.494 e. The third-order valence-corrected chi connectivity index (χ3v) is 5.71. The third kappa shape index (κ3) is 6.75. The first kappa shape index (κ1) is 26.4. The molecule has 0 saturated carbocycles. The number of carbonyl (C=O) groups excluding carboxylic acids is 1. The molecule has 0 saturated heterocycles. The molecule has 192 valence electrons. The van der Waals surface area contributed by atoms with Crippen LogP contribution in [0.25, 0.3) is 10.9 Å². The van der Waals surface area contributed by atoms with Gasteiger partial charge in [0.05, 0.1) is 23.4 Å². The van der Waals surface area contributed by atoms with Crippen molar-refractivity contribution in [1.29, 1.82) is 5.26 Å². The minimum absolute atomic E-state index is 0.0277. The van der Waals surface area contributed by atoms with Gasteiger partial charge in [-0.25, -0.2) is 0 Å². The Bertz CT molecular complexity index is 1470. The van der Waals surface area contributed by atoms with Gasteiger partial charge in [-0.15, -0.1) is 0 Å². The molecule has 7 nitrogen and oxygen atoms in total. The summed E-state index contributed by atoms with van der Waals surface area (Å²) in [6, 6.07) is 23.0. The number of hydrogen-bond donors (Lipinski definition) is 1. The molecule has 0 atom stereocenters. The third-order valence-electron chi connectivity index (χ3n) is 5.71. The summed E-state index contributed by atoms with van der Waals surface area (Å²) in [5.41, 5.74) is 3.21. The lowest BCUT2D eigenvalue weighted by Gasteiger charge is -2.15. The number of fused-ring (bicyclic) bond motifs is 1. The van der Waals surface area contributed by atoms with Gasteiger partial charge in [-0.2, -0.15) is 5.26 Å². The molecular formula is C31H30N4O3. The van der Waals surface area contributed by atoms with Crippen molar-refractivity contribution in [2.75, 3.05) is 32.6 Å². The van der Waals surface area contributed by atoms with E-state index in [0.29, 0.717) is 41.4 Å². The first-order valence-electron chi connectivity index (χ1n) is 12.4. The number of carbonyl (C=O) groups is 1. The smallest absolute Gasteiger partial charge is 0.159 e. The highest BCUT2D eigenvalue weighted by Gasteiger charge is 2.15. The number of rotatable bonds is 11. The molecule has 3 aromatic carbocycles. The van der Waals surface area contributed by atoms with Crippen LogP contribution >= 0.6 is 0 Å². The topological polar surface area (TPSA) is 87.5 Å². The lowest BCUT2D eigenvalue weighted by molar-refractivity contribution is -0.114. The Balaban J connectivity index is 1.65. The van der Waals surface area contributed by atoms with E-state index in [-0.39, 0.29) is 12.2 Å². The van der Waals surface area contributed by atoms with Crippen LogP contribution in [-0.4, -0.2) is 42.9 Å². The zero-order valence-corrected chi connectivity index (χ0v) is 21.8. The van der Waals surface area contributed by atoms with Gasteiger partial charge in [-0.1, -0.05) is 24.3 Å². The van der Waals surface area contributed by atoms with Crippen molar-refractivity contribution in [3.05, 3.63) is 96.2 Å². The first-order valence-corrected chi connectivity index (χ1v) is 12.4. The van der Waals surface area contributed by atoms with Crippen molar-refractivity contribution in [2.45, 2.75) is 13.3 Å². The van der Waals surface area contributed by atoms with Gasteiger partial charge in [0.25, 0.3) is 0 Å². The number of nitrogens with one attached hydrogen (secondary N) is 1. The summed E-state index contributed by atoms with van der Waals surface area (Å²) in [6.07, 6.45) is 5.17. The van der Waals surface area contributed by atoms with Gasteiger partial charge in [0.2, 0.25) is 0 Å². The van der Waals surface area contributed by atoms with Crippen LogP contribution < -0.4 is 14.8 Å². The molecule has 0 amide bonds. The fraction of sp³-hybridized carbons (Fsp3) is 0.194. The van der Waals surface area contributed by atoms with E-state index in [2.05, 4.69) is 16.4 Å². The molecule has 0 bridgehead atoms. The Kier molecular flexibility index (Phi) is 8.70. The van der Waals surface area contributed by atoms with E-state index in [9.17, 15) is 10.1 Å². The summed E-state index contributed by atoms with van der Waals surface area (Å²) in [7, 11) is 3.90. The predicted molar refractivity (Wildman–Crippen MR) is 150 cm³/mol. The number of pyridine rings is 1. The zero-order chi connectivity index (χ0) is 26.9. The fourth-order valence-corrected chi connectivity index (χ4v) is 3.93. The van der Waals surface area contributed by atoms with Gasteiger partial charge in [0.1, 0.15) is 23.3 Å². The van der Waals surface area contributed by atoms with Gasteiger partial charge in [-0.3, -0.25) is 9.78 Å². The van der Waals surface area contributed by atoms with Gasteiger partial charge < -0.3 is 19.7 Å². The van der Waals surface area contributed by atoms with Crippen LogP contribution in [0.4, 0.5) is 11.4 Å². The second-order valence-corrected chi connectivity index (χ2v) is 8.94. The SMILES string of the molecule is CCOc1cc2ncc(C#N)c(Nc3ccc(Oc4ccccc4)cc3)c2cc1CC(=O)/C=C/CN(C)C. The number of anilines is 2. The lowest BCUT2D eigenvalue weighted by Crippen LogP contribution is -2.11. The first-order chi connectivity index (χ1) is 18.5. The number of likely N-dealkylation sites (N-methyl/N-ethyl adjacent to an activating group) is 1. The predicted octanol–water partition coefficient (Wildman–Crippen LogP) is 6.27. The van der Waals surface area contributed by atoms with Crippen LogP contribution in [0.1, 0.15) is 18.1 Å². The number of nitrogens with zero attached hydrogens (tertiary/aromatic N) is 3. The minimum atomic E-state index is -0.0277. The van der Waals surface area contributed by atoms with Crippen LogP contribution in [0.5, 0.6) is 17.2 Å². The molecule has 0 unspecified atom stereocenters. The van der Waals surface area contributed by atoms with Crippen LogP contribution in [0.3, 0.4) is 0 Å². The summed E-state index contributed by atoms with van der Waals surface area (Å²) in [4.78, 5) is 19.2. The van der Waals surface area contributed by atoms with Crippen molar-refractivity contribution in [2.24, 2.45) is 0 Å². The molecule has 1 heterocycles. The number of para-hydroxylation sites is 1. The average Bonchev–Trinajstić information content (AvgIpc) is 2.91. The number of hydrogen-bond acceptors (Lipinski definition) is 7. The molecule has 0 aliphatic rings. The van der Waals surface area contributed by atoms with Gasteiger partial charge >= 0.3 is 0 Å². The highest BCUT2D eigenvalue weighted by atomic mass is 16.5. The zero-order valence-electron chi connectivity index (χ0n) is 21.8. The van der Waals surface area contributed by atoms with Crippen molar-refractivity contribution in [3.63, 3.8) is 0 Å². The molecule has 0 aliphatic heterocycles. The molecule has 0 aliphatic carbocycles. The van der Waals surface area contributed by atoms with Crippen LogP contribution in [0.2, 0.25) is 0 Å². The summed E-state index contributed by atoms with van der Waals surface area (Å²) < 4.78 is 11.7. The minimum Gasteiger partial charge on any atom is -0.494 e. The summed E-state index contributed by atoms with van der Waals surface area (Å²) in [6.45, 7) is 3.04. The van der Waals surface area contributed by atoms with Crippen molar-refractivity contribution >= 4 is 28.1 Å². The van der Waals surface area contributed by atoms with Crippen molar-refractivity contribution in [1.82, 2.24) is 9.88 Å². The Morgan fingerprint density at radius 1 is 1.08 bits per heavy atom. The second kappa shape index (κ2) is 12.5. The van der Waals surface area contributed by atoms with Crippen LogP contribution in [-0.2, 0) is 11.2 Å². The highest BCUT2D eigenvalue weighted by Crippen LogP contribution is 2.34. The standard InChI is InChI=1S/C31H30N4O3/c1-4-37-30-19-29-28(18-22(30)17-25(36)9-8-16-35(2)3)31(23(20-32)21-33-29)34-24-12-14-27(15-13-24)38-26-10-6-5-7-11-26/h5-15,18-19,21H,4,16-17H2,1-3H3,(H,33,34)/b9-8+. The van der Waals surface area contributed by atoms with E-state index in [1.165, 1.54) is 0 Å². The quantitative estimate of drug-likeness (QED) is 0.240. The molecule has 38 heavy (non-hydrogen) atoms. The molecular weight excluding hydrogens is 476 g/mol. The number of allylic oxidation sites excluding steroid dienone is 1. The van der Waals surface area contributed by atoms with E-state index < -0.39 is 0 Å². The maximum Gasteiger partial charge on any atom is 0.159 e. The highest BCUT2D eigenvalue weighted by molar-refractivity contribution is 5.98. The van der Waals surface area contributed by atoms with E-state index >= 15 is 0 Å². The maximum absolute atomic E-state index is 12.7. The van der Waals surface area contributed by atoms with E-state index in [0.717, 1.165) is 22.4 Å². The summed E-state index contributed by atoms with van der Waals surface area (Å²) in [5, 5.41) is 13.9. The van der Waals surface area contributed by atoms with E-state index in [4.69, 9.17) is 9.47 Å². The molecule has 0 fully saturated rings. The molecule has 1 aromatic heterocycles. The van der Waals surface area contributed by atoms with Gasteiger partial charge in [0, 0.05) is 41.9 Å². The molecule has 7 heteroatoms.